The van der Waals surface area contributed by atoms with Crippen LogP contribution >= 0.6 is 0 Å². The highest BCUT2D eigenvalue weighted by Crippen LogP contribution is 2.18. The van der Waals surface area contributed by atoms with E-state index in [1.807, 2.05) is 30.9 Å². The van der Waals surface area contributed by atoms with Crippen LogP contribution in [0.1, 0.15) is 43.9 Å². The molecule has 0 spiro atoms. The van der Waals surface area contributed by atoms with E-state index in [1.54, 1.807) is 6.20 Å². The zero-order valence-corrected chi connectivity index (χ0v) is 15.9. The van der Waals surface area contributed by atoms with E-state index in [-0.39, 0.29) is 17.9 Å². The van der Waals surface area contributed by atoms with Crippen LogP contribution in [0.5, 0.6) is 0 Å². The molecule has 142 valence electrons. The quantitative estimate of drug-likeness (QED) is 0.867. The highest BCUT2D eigenvalue weighted by Gasteiger charge is 2.29. The molecular formula is C20H30N4O2. The Hall–Kier alpha value is -1.95. The Balaban J connectivity index is 1.44. The van der Waals surface area contributed by atoms with Crippen LogP contribution in [0.15, 0.2) is 18.3 Å². The SMILES string of the molecule is Cc1ccc(CC(=O)N2CCN(C(C)C(=O)NC3CCCC3)CC2)cn1. The number of carbonyl (C=O) groups excluding carboxylic acids is 2. The van der Waals surface area contributed by atoms with Gasteiger partial charge in [0, 0.05) is 44.1 Å². The van der Waals surface area contributed by atoms with Gasteiger partial charge >= 0.3 is 0 Å². The molecule has 0 radical (unpaired) electrons. The Morgan fingerprint density at radius 1 is 1.19 bits per heavy atom. The second-order valence-electron chi connectivity index (χ2n) is 7.57. The minimum Gasteiger partial charge on any atom is -0.352 e. The van der Waals surface area contributed by atoms with Crippen molar-refractivity contribution in [3.05, 3.63) is 29.6 Å². The van der Waals surface area contributed by atoms with E-state index < -0.39 is 0 Å². The molecule has 1 atom stereocenters. The number of hydrogen-bond acceptors (Lipinski definition) is 4. The molecule has 2 aliphatic rings. The van der Waals surface area contributed by atoms with Gasteiger partial charge in [0.2, 0.25) is 11.8 Å². The monoisotopic (exact) mass is 358 g/mol. The van der Waals surface area contributed by atoms with E-state index in [4.69, 9.17) is 0 Å². The van der Waals surface area contributed by atoms with Crippen molar-refractivity contribution in [2.45, 2.75) is 58.0 Å². The van der Waals surface area contributed by atoms with Gasteiger partial charge in [0.1, 0.15) is 0 Å². The van der Waals surface area contributed by atoms with Crippen LogP contribution in [0.25, 0.3) is 0 Å². The second-order valence-corrected chi connectivity index (χ2v) is 7.57. The third kappa shape index (κ3) is 4.81. The summed E-state index contributed by atoms with van der Waals surface area (Å²) in [6.45, 7) is 6.77. The van der Waals surface area contributed by atoms with Crippen LogP contribution in [-0.4, -0.2) is 64.9 Å². The molecule has 1 aliphatic heterocycles. The Bertz CT molecular complexity index is 617. The van der Waals surface area contributed by atoms with Gasteiger partial charge in [-0.25, -0.2) is 0 Å². The van der Waals surface area contributed by atoms with Crippen molar-refractivity contribution in [1.82, 2.24) is 20.1 Å². The Labute approximate surface area is 156 Å². The summed E-state index contributed by atoms with van der Waals surface area (Å²) >= 11 is 0. The molecule has 6 heteroatoms. The smallest absolute Gasteiger partial charge is 0.237 e. The fourth-order valence-electron chi connectivity index (χ4n) is 3.81. The molecule has 0 aromatic carbocycles. The molecular weight excluding hydrogens is 328 g/mol. The molecule has 1 N–H and O–H groups in total. The molecule has 2 fully saturated rings. The second kappa shape index (κ2) is 8.62. The van der Waals surface area contributed by atoms with Crippen molar-refractivity contribution in [2.75, 3.05) is 26.2 Å². The highest BCUT2D eigenvalue weighted by molar-refractivity contribution is 5.82. The van der Waals surface area contributed by atoms with Crippen LogP contribution < -0.4 is 5.32 Å². The lowest BCUT2D eigenvalue weighted by molar-refractivity contribution is -0.133. The van der Waals surface area contributed by atoms with Crippen LogP contribution in [0.2, 0.25) is 0 Å². The Kier molecular flexibility index (Phi) is 6.25. The van der Waals surface area contributed by atoms with Crippen LogP contribution in [0, 0.1) is 6.92 Å². The van der Waals surface area contributed by atoms with Gasteiger partial charge in [0.25, 0.3) is 0 Å². The number of aromatic nitrogens is 1. The van der Waals surface area contributed by atoms with E-state index in [0.29, 0.717) is 25.6 Å². The lowest BCUT2D eigenvalue weighted by Crippen LogP contribution is -2.55. The molecule has 2 amide bonds. The predicted molar refractivity (Wildman–Crippen MR) is 101 cm³/mol. The topological polar surface area (TPSA) is 65.5 Å². The van der Waals surface area contributed by atoms with Gasteiger partial charge < -0.3 is 10.2 Å². The lowest BCUT2D eigenvalue weighted by Gasteiger charge is -2.37. The van der Waals surface area contributed by atoms with E-state index in [1.165, 1.54) is 12.8 Å². The number of aryl methyl sites for hydroxylation is 1. The summed E-state index contributed by atoms with van der Waals surface area (Å²) in [6, 6.07) is 4.13. The Morgan fingerprint density at radius 3 is 2.50 bits per heavy atom. The van der Waals surface area contributed by atoms with Gasteiger partial charge in [0.05, 0.1) is 12.5 Å². The summed E-state index contributed by atoms with van der Waals surface area (Å²) in [6.07, 6.45) is 6.82. The van der Waals surface area contributed by atoms with Gasteiger partial charge in [-0.3, -0.25) is 19.5 Å². The number of rotatable bonds is 5. The van der Waals surface area contributed by atoms with Crippen molar-refractivity contribution < 1.29 is 9.59 Å². The van der Waals surface area contributed by atoms with Crippen molar-refractivity contribution in [1.29, 1.82) is 0 Å². The van der Waals surface area contributed by atoms with Crippen LogP contribution in [-0.2, 0) is 16.0 Å². The first-order chi connectivity index (χ1) is 12.5. The Morgan fingerprint density at radius 2 is 1.88 bits per heavy atom. The van der Waals surface area contributed by atoms with Crippen molar-refractivity contribution in [3.8, 4) is 0 Å². The number of hydrogen-bond donors (Lipinski definition) is 1. The molecule has 1 aromatic rings. The largest absolute Gasteiger partial charge is 0.352 e. The average molecular weight is 358 g/mol. The van der Waals surface area contributed by atoms with Gasteiger partial charge in [-0.15, -0.1) is 0 Å². The summed E-state index contributed by atoms with van der Waals surface area (Å²) in [7, 11) is 0. The fraction of sp³-hybridized carbons (Fsp3) is 0.650. The summed E-state index contributed by atoms with van der Waals surface area (Å²) in [4.78, 5) is 33.3. The number of amides is 2. The minimum absolute atomic E-state index is 0.127. The van der Waals surface area contributed by atoms with Gasteiger partial charge in [0.15, 0.2) is 0 Å². The lowest BCUT2D eigenvalue weighted by atomic mass is 10.1. The standard InChI is InChI=1S/C20H30N4O2/c1-15-7-8-17(14-21-15)13-19(25)24-11-9-23(10-12-24)16(2)20(26)22-18-5-3-4-6-18/h7-8,14,16,18H,3-6,9-13H2,1-2H3,(H,22,26). The van der Waals surface area contributed by atoms with Crippen molar-refractivity contribution >= 4 is 11.8 Å². The minimum atomic E-state index is -0.130. The molecule has 0 bridgehead atoms. The first-order valence-electron chi connectivity index (χ1n) is 9.76. The number of carbonyl (C=O) groups is 2. The summed E-state index contributed by atoms with van der Waals surface area (Å²) in [5.74, 6) is 0.265. The molecule has 6 nitrogen and oxygen atoms in total. The van der Waals surface area contributed by atoms with Gasteiger partial charge in [-0.1, -0.05) is 18.9 Å². The third-order valence-electron chi connectivity index (χ3n) is 5.62. The molecule has 3 rings (SSSR count). The summed E-state index contributed by atoms with van der Waals surface area (Å²) in [5, 5.41) is 3.18. The maximum atomic E-state index is 12.5. The number of nitrogens with zero attached hydrogens (tertiary/aromatic N) is 3. The molecule has 1 unspecified atom stereocenters. The van der Waals surface area contributed by atoms with Gasteiger partial charge in [-0.05, 0) is 38.3 Å². The van der Waals surface area contributed by atoms with Crippen molar-refractivity contribution in [2.24, 2.45) is 0 Å². The first kappa shape index (κ1) is 18.8. The summed E-state index contributed by atoms with van der Waals surface area (Å²) in [5.41, 5.74) is 1.91. The molecule has 1 saturated carbocycles. The molecule has 26 heavy (non-hydrogen) atoms. The number of pyridine rings is 1. The van der Waals surface area contributed by atoms with Gasteiger partial charge in [-0.2, -0.15) is 0 Å². The molecule has 1 aliphatic carbocycles. The first-order valence-corrected chi connectivity index (χ1v) is 9.76. The molecule has 2 heterocycles. The maximum absolute atomic E-state index is 12.5. The zero-order chi connectivity index (χ0) is 18.5. The highest BCUT2D eigenvalue weighted by atomic mass is 16.2. The van der Waals surface area contributed by atoms with Crippen molar-refractivity contribution in [3.63, 3.8) is 0 Å². The van der Waals surface area contributed by atoms with Crippen LogP contribution in [0.4, 0.5) is 0 Å². The fourth-order valence-corrected chi connectivity index (χ4v) is 3.81. The number of nitrogens with one attached hydrogen (secondary N) is 1. The molecule has 1 saturated heterocycles. The number of piperazine rings is 1. The molecule has 1 aromatic heterocycles. The van der Waals surface area contributed by atoms with E-state index in [0.717, 1.165) is 37.2 Å². The predicted octanol–water partition coefficient (Wildman–Crippen LogP) is 1.52. The van der Waals surface area contributed by atoms with E-state index >= 15 is 0 Å². The van der Waals surface area contributed by atoms with E-state index in [9.17, 15) is 9.59 Å². The maximum Gasteiger partial charge on any atom is 0.237 e. The normalized spacial score (nSPS) is 20.2. The third-order valence-corrected chi connectivity index (χ3v) is 5.62. The average Bonchev–Trinajstić information content (AvgIpc) is 3.16. The summed E-state index contributed by atoms with van der Waals surface area (Å²) < 4.78 is 0. The zero-order valence-electron chi connectivity index (χ0n) is 15.9. The van der Waals surface area contributed by atoms with Crippen LogP contribution in [0.3, 0.4) is 0 Å². The van der Waals surface area contributed by atoms with E-state index in [2.05, 4.69) is 15.2 Å².